The Hall–Kier alpha value is -2.89. The van der Waals surface area contributed by atoms with Gasteiger partial charge in [-0.1, -0.05) is 23.4 Å². The van der Waals surface area contributed by atoms with Crippen molar-refractivity contribution in [2.45, 2.75) is 6.92 Å². The van der Waals surface area contributed by atoms with Crippen molar-refractivity contribution >= 4 is 5.97 Å². The monoisotopic (exact) mass is 270 g/mol. The van der Waals surface area contributed by atoms with Crippen LogP contribution in [0.15, 0.2) is 45.3 Å². The van der Waals surface area contributed by atoms with Gasteiger partial charge in [0.1, 0.15) is 5.76 Å². The molecular weight excluding hydrogens is 260 g/mol. The first-order chi connectivity index (χ1) is 9.65. The molecule has 0 fully saturated rings. The first kappa shape index (κ1) is 12.2. The summed E-state index contributed by atoms with van der Waals surface area (Å²) in [6.45, 7) is 1.71. The first-order valence-electron chi connectivity index (χ1n) is 5.88. The van der Waals surface area contributed by atoms with Crippen molar-refractivity contribution in [2.24, 2.45) is 0 Å². The SMILES string of the molecule is Cc1cc(-c2oc(-c3ccccc3)nc2C(=O)O)no1. The number of aryl methyl sites for hydroxylation is 1. The van der Waals surface area contributed by atoms with Gasteiger partial charge in [-0.3, -0.25) is 0 Å². The Labute approximate surface area is 113 Å². The highest BCUT2D eigenvalue weighted by molar-refractivity contribution is 5.92. The largest absolute Gasteiger partial charge is 0.476 e. The molecule has 0 saturated carbocycles. The van der Waals surface area contributed by atoms with E-state index in [-0.39, 0.29) is 17.3 Å². The lowest BCUT2D eigenvalue weighted by Crippen LogP contribution is -1.98. The molecule has 0 atom stereocenters. The Morgan fingerprint density at radius 2 is 2.00 bits per heavy atom. The van der Waals surface area contributed by atoms with Crippen molar-refractivity contribution in [1.29, 1.82) is 0 Å². The predicted octanol–water partition coefficient (Wildman–Crippen LogP) is 3.00. The second-order valence-electron chi connectivity index (χ2n) is 4.19. The number of benzene rings is 1. The summed E-state index contributed by atoms with van der Waals surface area (Å²) >= 11 is 0. The maximum atomic E-state index is 11.3. The van der Waals surface area contributed by atoms with Crippen LogP contribution in [0.2, 0.25) is 0 Å². The van der Waals surface area contributed by atoms with Gasteiger partial charge in [0.25, 0.3) is 0 Å². The van der Waals surface area contributed by atoms with Gasteiger partial charge in [0.2, 0.25) is 5.89 Å². The summed E-state index contributed by atoms with van der Waals surface area (Å²) in [5.74, 6) is -0.285. The van der Waals surface area contributed by atoms with Gasteiger partial charge >= 0.3 is 5.97 Å². The number of aromatic nitrogens is 2. The van der Waals surface area contributed by atoms with Gasteiger partial charge in [-0.2, -0.15) is 0 Å². The second-order valence-corrected chi connectivity index (χ2v) is 4.19. The quantitative estimate of drug-likeness (QED) is 0.786. The lowest BCUT2D eigenvalue weighted by Gasteiger charge is -1.92. The minimum Gasteiger partial charge on any atom is -0.476 e. The van der Waals surface area contributed by atoms with E-state index in [4.69, 9.17) is 8.94 Å². The summed E-state index contributed by atoms with van der Waals surface area (Å²) in [6, 6.07) is 10.7. The van der Waals surface area contributed by atoms with Crippen molar-refractivity contribution in [3.8, 4) is 22.9 Å². The first-order valence-corrected chi connectivity index (χ1v) is 5.88. The average molecular weight is 270 g/mol. The zero-order chi connectivity index (χ0) is 14.1. The molecule has 0 aliphatic carbocycles. The Morgan fingerprint density at radius 1 is 1.25 bits per heavy atom. The number of hydrogen-bond acceptors (Lipinski definition) is 5. The number of nitrogens with zero attached hydrogens (tertiary/aromatic N) is 2. The Balaban J connectivity index is 2.15. The van der Waals surface area contributed by atoms with Gasteiger partial charge in [0.05, 0.1) is 0 Å². The van der Waals surface area contributed by atoms with E-state index < -0.39 is 5.97 Å². The number of oxazole rings is 1. The van der Waals surface area contributed by atoms with E-state index in [9.17, 15) is 9.90 Å². The van der Waals surface area contributed by atoms with Gasteiger partial charge in [-0.05, 0) is 19.1 Å². The fourth-order valence-corrected chi connectivity index (χ4v) is 1.82. The molecule has 3 rings (SSSR count). The summed E-state index contributed by atoms with van der Waals surface area (Å²) in [5, 5.41) is 13.0. The highest BCUT2D eigenvalue weighted by Crippen LogP contribution is 2.29. The molecule has 0 spiro atoms. The molecule has 0 aliphatic heterocycles. The molecule has 0 aliphatic rings. The van der Waals surface area contributed by atoms with Crippen LogP contribution in [0.3, 0.4) is 0 Å². The van der Waals surface area contributed by atoms with Crippen LogP contribution in [0.5, 0.6) is 0 Å². The minimum absolute atomic E-state index is 0.0909. The van der Waals surface area contributed by atoms with Crippen LogP contribution in [-0.2, 0) is 0 Å². The Bertz CT molecular complexity index is 759. The predicted molar refractivity (Wildman–Crippen MR) is 69.1 cm³/mol. The van der Waals surface area contributed by atoms with Crippen molar-refractivity contribution in [3.63, 3.8) is 0 Å². The molecule has 0 unspecified atom stereocenters. The number of carbonyl (C=O) groups is 1. The van der Waals surface area contributed by atoms with Crippen LogP contribution < -0.4 is 0 Å². The van der Waals surface area contributed by atoms with Crippen molar-refractivity contribution in [1.82, 2.24) is 10.1 Å². The van der Waals surface area contributed by atoms with Gasteiger partial charge in [0, 0.05) is 11.6 Å². The van der Waals surface area contributed by atoms with E-state index in [1.807, 2.05) is 18.2 Å². The fourth-order valence-electron chi connectivity index (χ4n) is 1.82. The molecule has 20 heavy (non-hydrogen) atoms. The van der Waals surface area contributed by atoms with Gasteiger partial charge in [-0.15, -0.1) is 0 Å². The number of carboxylic acids is 1. The molecule has 0 saturated heterocycles. The number of carboxylic acid groups (broad SMARTS) is 1. The summed E-state index contributed by atoms with van der Waals surface area (Å²) in [4.78, 5) is 15.3. The molecule has 1 N–H and O–H groups in total. The maximum absolute atomic E-state index is 11.3. The lowest BCUT2D eigenvalue weighted by atomic mass is 10.2. The van der Waals surface area contributed by atoms with Crippen molar-refractivity contribution < 1.29 is 18.8 Å². The smallest absolute Gasteiger partial charge is 0.358 e. The van der Waals surface area contributed by atoms with E-state index in [1.54, 1.807) is 25.1 Å². The highest BCUT2D eigenvalue weighted by atomic mass is 16.5. The normalized spacial score (nSPS) is 10.7. The van der Waals surface area contributed by atoms with Crippen molar-refractivity contribution in [3.05, 3.63) is 47.9 Å². The third kappa shape index (κ3) is 2.07. The molecule has 2 heterocycles. The summed E-state index contributed by atoms with van der Waals surface area (Å²) in [7, 11) is 0. The molecule has 0 bridgehead atoms. The van der Waals surface area contributed by atoms with E-state index in [0.717, 1.165) is 0 Å². The molecule has 6 heteroatoms. The van der Waals surface area contributed by atoms with Crippen LogP contribution in [0.1, 0.15) is 16.2 Å². The highest BCUT2D eigenvalue weighted by Gasteiger charge is 2.23. The van der Waals surface area contributed by atoms with Gasteiger partial charge in [-0.25, -0.2) is 9.78 Å². The maximum Gasteiger partial charge on any atom is 0.358 e. The molecule has 1 aromatic carbocycles. The Kier molecular flexibility index (Phi) is 2.83. The molecule has 6 nitrogen and oxygen atoms in total. The zero-order valence-corrected chi connectivity index (χ0v) is 10.5. The molecular formula is C14H10N2O4. The Morgan fingerprint density at radius 3 is 2.60 bits per heavy atom. The number of rotatable bonds is 3. The topological polar surface area (TPSA) is 89.4 Å². The van der Waals surface area contributed by atoms with Gasteiger partial charge < -0.3 is 14.0 Å². The van der Waals surface area contributed by atoms with E-state index in [2.05, 4.69) is 10.1 Å². The standard InChI is InChI=1S/C14H10N2O4/c1-8-7-10(16-20-8)12-11(14(17)18)15-13(19-12)9-5-3-2-4-6-9/h2-7H,1H3,(H,17,18). The minimum atomic E-state index is -1.17. The van der Waals surface area contributed by atoms with E-state index in [1.165, 1.54) is 0 Å². The molecule has 2 aromatic heterocycles. The molecule has 100 valence electrons. The van der Waals surface area contributed by atoms with Crippen LogP contribution in [0.4, 0.5) is 0 Å². The summed E-state index contributed by atoms with van der Waals surface area (Å²) in [6.07, 6.45) is 0. The number of hydrogen-bond donors (Lipinski definition) is 1. The summed E-state index contributed by atoms with van der Waals surface area (Å²) < 4.78 is 10.5. The third-order valence-corrected chi connectivity index (χ3v) is 2.71. The third-order valence-electron chi connectivity index (χ3n) is 2.71. The van der Waals surface area contributed by atoms with Gasteiger partial charge in [0.15, 0.2) is 17.1 Å². The zero-order valence-electron chi connectivity index (χ0n) is 10.5. The van der Waals surface area contributed by atoms with E-state index >= 15 is 0 Å². The summed E-state index contributed by atoms with van der Waals surface area (Å²) in [5.41, 5.74) is 0.827. The molecule has 3 aromatic rings. The molecule has 0 radical (unpaired) electrons. The van der Waals surface area contributed by atoms with Crippen LogP contribution in [0.25, 0.3) is 22.9 Å². The number of aromatic carboxylic acids is 1. The van der Waals surface area contributed by atoms with Crippen LogP contribution in [0, 0.1) is 6.92 Å². The molecule has 0 amide bonds. The fraction of sp³-hybridized carbons (Fsp3) is 0.0714. The van der Waals surface area contributed by atoms with E-state index in [0.29, 0.717) is 17.0 Å². The average Bonchev–Trinajstić information content (AvgIpc) is 3.05. The van der Waals surface area contributed by atoms with Crippen LogP contribution in [-0.4, -0.2) is 21.2 Å². The lowest BCUT2D eigenvalue weighted by molar-refractivity contribution is 0.0691. The van der Waals surface area contributed by atoms with Crippen LogP contribution >= 0.6 is 0 Å². The second kappa shape index (κ2) is 4.65. The van der Waals surface area contributed by atoms with Crippen molar-refractivity contribution in [2.75, 3.05) is 0 Å².